The van der Waals surface area contributed by atoms with Crippen molar-refractivity contribution in [3.63, 3.8) is 0 Å². The normalized spacial score (nSPS) is 8.10. The van der Waals surface area contributed by atoms with E-state index in [1.807, 2.05) is 40.0 Å². The van der Waals surface area contributed by atoms with Crippen LogP contribution in [0.2, 0.25) is 0 Å². The van der Waals surface area contributed by atoms with Gasteiger partial charge in [-0.25, -0.2) is 0 Å². The van der Waals surface area contributed by atoms with Crippen molar-refractivity contribution in [3.05, 3.63) is 65.0 Å². The molecular weight excluding hydrogens is 242 g/mol. The number of aryl methyl sites for hydroxylation is 4. The smallest absolute Gasteiger partial charge is 0.0372 e. The van der Waals surface area contributed by atoms with Gasteiger partial charge < -0.3 is 0 Å². The number of hydrogen-bond acceptors (Lipinski definition) is 1. The van der Waals surface area contributed by atoms with E-state index in [-0.39, 0.29) is 0 Å². The van der Waals surface area contributed by atoms with E-state index < -0.39 is 0 Å². The summed E-state index contributed by atoms with van der Waals surface area (Å²) in [5.41, 5.74) is 4.96. The standard InChI is InChI=1S/C8H10.C7H9N.C4H6/c1-7-3-5-8(2)6-4-7;1-6-3-4-7(2)8-5-6;1-3-4-2/h3-6H,1-2H3;3-5H,1-2H3;1-2H3. The molecule has 1 heteroatoms. The van der Waals surface area contributed by atoms with E-state index in [1.54, 1.807) is 0 Å². The molecule has 0 bridgehead atoms. The zero-order valence-electron chi connectivity index (χ0n) is 13.5. The molecule has 2 aromatic rings. The molecule has 20 heavy (non-hydrogen) atoms. The van der Waals surface area contributed by atoms with Gasteiger partial charge in [-0.2, -0.15) is 0 Å². The highest BCUT2D eigenvalue weighted by atomic mass is 14.6. The Morgan fingerprint density at radius 1 is 0.650 bits per heavy atom. The number of benzene rings is 1. The molecule has 1 aromatic carbocycles. The first-order chi connectivity index (χ1) is 9.49. The second-order valence-electron chi connectivity index (χ2n) is 4.63. The summed E-state index contributed by atoms with van der Waals surface area (Å²) in [5.74, 6) is 5.36. The fourth-order valence-electron chi connectivity index (χ4n) is 1.18. The largest absolute Gasteiger partial charge is 0.261 e. The lowest BCUT2D eigenvalue weighted by atomic mass is 10.2. The Morgan fingerprint density at radius 2 is 1.05 bits per heavy atom. The van der Waals surface area contributed by atoms with Crippen molar-refractivity contribution >= 4 is 0 Å². The molecule has 0 amide bonds. The van der Waals surface area contributed by atoms with E-state index in [0.717, 1.165) is 5.69 Å². The number of rotatable bonds is 0. The Morgan fingerprint density at radius 3 is 1.30 bits per heavy atom. The summed E-state index contributed by atoms with van der Waals surface area (Å²) in [7, 11) is 0. The molecule has 1 nitrogen and oxygen atoms in total. The summed E-state index contributed by atoms with van der Waals surface area (Å²) in [6, 6.07) is 12.5. The highest BCUT2D eigenvalue weighted by Crippen LogP contribution is 1.99. The third kappa shape index (κ3) is 9.91. The topological polar surface area (TPSA) is 12.9 Å². The van der Waals surface area contributed by atoms with Crippen LogP contribution in [0.1, 0.15) is 36.2 Å². The van der Waals surface area contributed by atoms with Gasteiger partial charge in [-0.15, -0.1) is 11.8 Å². The van der Waals surface area contributed by atoms with Crippen LogP contribution in [-0.4, -0.2) is 4.98 Å². The highest BCUT2D eigenvalue weighted by Gasteiger charge is 1.81. The van der Waals surface area contributed by atoms with Gasteiger partial charge in [0.2, 0.25) is 0 Å². The van der Waals surface area contributed by atoms with E-state index in [4.69, 9.17) is 0 Å². The summed E-state index contributed by atoms with van der Waals surface area (Å²) in [6.45, 7) is 11.9. The zero-order valence-corrected chi connectivity index (χ0v) is 13.5. The van der Waals surface area contributed by atoms with Crippen LogP contribution in [0.4, 0.5) is 0 Å². The average molecular weight is 267 g/mol. The Bertz CT molecular complexity index is 433. The van der Waals surface area contributed by atoms with Gasteiger partial charge in [0.25, 0.3) is 0 Å². The minimum Gasteiger partial charge on any atom is -0.261 e. The van der Waals surface area contributed by atoms with Crippen molar-refractivity contribution in [2.45, 2.75) is 41.5 Å². The van der Waals surface area contributed by atoms with Crippen molar-refractivity contribution in [1.29, 1.82) is 0 Å². The highest BCUT2D eigenvalue weighted by molar-refractivity contribution is 5.19. The van der Waals surface area contributed by atoms with Crippen molar-refractivity contribution in [3.8, 4) is 11.8 Å². The van der Waals surface area contributed by atoms with Gasteiger partial charge in [-0.05, 0) is 53.2 Å². The quantitative estimate of drug-likeness (QED) is 0.610. The van der Waals surface area contributed by atoms with E-state index in [0.29, 0.717) is 0 Å². The molecule has 0 saturated carbocycles. The van der Waals surface area contributed by atoms with E-state index in [2.05, 4.69) is 61.0 Å². The Hall–Kier alpha value is -2.07. The third-order valence-corrected chi connectivity index (χ3v) is 2.53. The van der Waals surface area contributed by atoms with Gasteiger partial charge in [-0.1, -0.05) is 41.5 Å². The van der Waals surface area contributed by atoms with Gasteiger partial charge in [-0.3, -0.25) is 4.98 Å². The van der Waals surface area contributed by atoms with Crippen molar-refractivity contribution in [1.82, 2.24) is 4.98 Å². The lowest BCUT2D eigenvalue weighted by molar-refractivity contribution is 1.17. The summed E-state index contributed by atoms with van der Waals surface area (Å²) in [4.78, 5) is 4.08. The van der Waals surface area contributed by atoms with Crippen LogP contribution in [0.15, 0.2) is 42.6 Å². The van der Waals surface area contributed by atoms with Crippen LogP contribution >= 0.6 is 0 Å². The second kappa shape index (κ2) is 10.8. The van der Waals surface area contributed by atoms with E-state index in [1.165, 1.54) is 16.7 Å². The van der Waals surface area contributed by atoms with Gasteiger partial charge in [0.15, 0.2) is 0 Å². The molecule has 106 valence electrons. The molecule has 0 fully saturated rings. The van der Waals surface area contributed by atoms with Gasteiger partial charge in [0, 0.05) is 11.9 Å². The van der Waals surface area contributed by atoms with Crippen LogP contribution in [0.5, 0.6) is 0 Å². The number of nitrogens with zero attached hydrogens (tertiary/aromatic N) is 1. The molecule has 0 radical (unpaired) electrons. The molecule has 0 N–H and O–H groups in total. The maximum Gasteiger partial charge on any atom is 0.0372 e. The van der Waals surface area contributed by atoms with Crippen LogP contribution in [0.3, 0.4) is 0 Å². The monoisotopic (exact) mass is 267 g/mol. The Kier molecular flexibility index (Phi) is 9.70. The molecule has 1 heterocycles. The molecule has 0 spiro atoms. The SMILES string of the molecule is CC#CC.Cc1ccc(C)cc1.Cc1ccc(C)nc1. The molecule has 0 atom stereocenters. The molecule has 2 rings (SSSR count). The predicted octanol–water partition coefficient (Wildman–Crippen LogP) is 5.03. The lowest BCUT2D eigenvalue weighted by Gasteiger charge is -1.90. The van der Waals surface area contributed by atoms with Crippen LogP contribution in [-0.2, 0) is 0 Å². The van der Waals surface area contributed by atoms with Crippen LogP contribution in [0, 0.1) is 39.5 Å². The average Bonchev–Trinajstić information content (AvgIpc) is 2.46. The van der Waals surface area contributed by atoms with Gasteiger partial charge in [0.05, 0.1) is 0 Å². The molecule has 1 aromatic heterocycles. The minimum absolute atomic E-state index is 1.08. The van der Waals surface area contributed by atoms with Crippen LogP contribution in [0.25, 0.3) is 0 Å². The molecule has 0 aliphatic rings. The predicted molar refractivity (Wildman–Crippen MR) is 88.8 cm³/mol. The minimum atomic E-state index is 1.08. The number of hydrogen-bond donors (Lipinski definition) is 0. The summed E-state index contributed by atoms with van der Waals surface area (Å²) >= 11 is 0. The summed E-state index contributed by atoms with van der Waals surface area (Å²) in [5, 5.41) is 0. The summed E-state index contributed by atoms with van der Waals surface area (Å²) in [6.07, 6.45) is 1.87. The molecular formula is C19H25N. The Balaban J connectivity index is 0.000000289. The maximum absolute atomic E-state index is 4.08. The fourth-order valence-corrected chi connectivity index (χ4v) is 1.18. The maximum atomic E-state index is 4.08. The molecule has 0 aliphatic carbocycles. The lowest BCUT2D eigenvalue weighted by Crippen LogP contribution is -1.78. The zero-order chi connectivity index (χ0) is 15.4. The van der Waals surface area contributed by atoms with E-state index in [9.17, 15) is 0 Å². The second-order valence-corrected chi connectivity index (χ2v) is 4.63. The summed E-state index contributed by atoms with van der Waals surface area (Å²) < 4.78 is 0. The number of pyridine rings is 1. The van der Waals surface area contributed by atoms with Gasteiger partial charge >= 0.3 is 0 Å². The number of aromatic nitrogens is 1. The molecule has 0 saturated heterocycles. The Labute approximate surface area is 124 Å². The van der Waals surface area contributed by atoms with Crippen molar-refractivity contribution in [2.24, 2.45) is 0 Å². The third-order valence-electron chi connectivity index (χ3n) is 2.53. The molecule has 0 unspecified atom stereocenters. The van der Waals surface area contributed by atoms with E-state index >= 15 is 0 Å². The van der Waals surface area contributed by atoms with Crippen LogP contribution < -0.4 is 0 Å². The fraction of sp³-hybridized carbons (Fsp3) is 0.316. The first-order valence-electron chi connectivity index (χ1n) is 6.75. The molecule has 0 aliphatic heterocycles. The van der Waals surface area contributed by atoms with Gasteiger partial charge in [0.1, 0.15) is 0 Å². The first kappa shape index (κ1) is 17.9. The van der Waals surface area contributed by atoms with Crippen molar-refractivity contribution in [2.75, 3.05) is 0 Å². The first-order valence-corrected chi connectivity index (χ1v) is 6.75. The van der Waals surface area contributed by atoms with Crippen molar-refractivity contribution < 1.29 is 0 Å².